The average Bonchev–Trinajstić information content (AvgIpc) is 3.40. The Labute approximate surface area is 197 Å². The van der Waals surface area contributed by atoms with E-state index in [0.29, 0.717) is 27.9 Å². The Bertz CT molecular complexity index is 1150. The van der Waals surface area contributed by atoms with Crippen LogP contribution < -0.4 is 10.2 Å². The van der Waals surface area contributed by atoms with E-state index in [4.69, 9.17) is 16.0 Å². The molecular weight excluding hydrogens is 440 g/mol. The minimum absolute atomic E-state index is 0.122. The lowest BCUT2D eigenvalue weighted by Gasteiger charge is -2.43. The number of nitrogens with zero attached hydrogens (tertiary/aromatic N) is 3. The van der Waals surface area contributed by atoms with E-state index in [-0.39, 0.29) is 24.4 Å². The fourth-order valence-electron chi connectivity index (χ4n) is 4.89. The Morgan fingerprint density at radius 1 is 1.15 bits per heavy atom. The predicted molar refractivity (Wildman–Crippen MR) is 126 cm³/mol. The van der Waals surface area contributed by atoms with Crippen molar-refractivity contribution < 1.29 is 14.0 Å². The molecule has 3 aromatic rings. The quantitative estimate of drug-likeness (QED) is 0.545. The number of carbonyl (C=O) groups is 2. The van der Waals surface area contributed by atoms with Gasteiger partial charge < -0.3 is 9.73 Å². The Morgan fingerprint density at radius 2 is 1.88 bits per heavy atom. The van der Waals surface area contributed by atoms with Crippen LogP contribution >= 0.6 is 11.6 Å². The summed E-state index contributed by atoms with van der Waals surface area (Å²) in [6, 6.07) is 12.4. The van der Waals surface area contributed by atoms with Crippen LogP contribution in [-0.4, -0.2) is 33.2 Å². The number of hydrogen-bond donors (Lipinski definition) is 1. The maximum absolute atomic E-state index is 13.8. The van der Waals surface area contributed by atoms with Crippen molar-refractivity contribution in [3.05, 3.63) is 59.4 Å². The van der Waals surface area contributed by atoms with Gasteiger partial charge in [0.2, 0.25) is 5.91 Å². The standard InChI is InChI=1S/C25H27ClN4O3/c1-25(24(32)27-18-7-4-2-3-5-8-18)16-29-21(15-20(28-29)22-9-6-14-33-22)23(31)30(25)19-12-10-17(26)11-13-19/h6,9-15,18H,2-5,7-8,16H2,1H3,(H,27,32)/t25-/m1/s1. The molecule has 1 aromatic carbocycles. The lowest BCUT2D eigenvalue weighted by molar-refractivity contribution is -0.127. The van der Waals surface area contributed by atoms with Crippen molar-refractivity contribution in [2.45, 2.75) is 63.6 Å². The van der Waals surface area contributed by atoms with E-state index < -0.39 is 5.54 Å². The highest BCUT2D eigenvalue weighted by Crippen LogP contribution is 2.35. The third-order valence-corrected chi connectivity index (χ3v) is 6.94. The molecule has 1 aliphatic heterocycles. The molecule has 2 amide bonds. The number of benzene rings is 1. The first-order valence-electron chi connectivity index (χ1n) is 11.5. The van der Waals surface area contributed by atoms with Crippen LogP contribution in [-0.2, 0) is 11.3 Å². The third kappa shape index (κ3) is 4.06. The molecule has 0 spiro atoms. The maximum atomic E-state index is 13.8. The predicted octanol–water partition coefficient (Wildman–Crippen LogP) is 5.05. The molecule has 1 fully saturated rings. The van der Waals surface area contributed by atoms with Crippen molar-refractivity contribution in [3.8, 4) is 11.5 Å². The van der Waals surface area contributed by atoms with Crippen LogP contribution in [0.3, 0.4) is 0 Å². The zero-order chi connectivity index (χ0) is 23.0. The molecule has 0 bridgehead atoms. The monoisotopic (exact) mass is 466 g/mol. The fourth-order valence-corrected chi connectivity index (χ4v) is 5.01. The second-order valence-corrected chi connectivity index (χ2v) is 9.54. The molecule has 1 aliphatic carbocycles. The van der Waals surface area contributed by atoms with Crippen molar-refractivity contribution in [2.75, 3.05) is 4.90 Å². The van der Waals surface area contributed by atoms with Crippen LogP contribution in [0.2, 0.25) is 5.02 Å². The second-order valence-electron chi connectivity index (χ2n) is 9.10. The number of rotatable bonds is 4. The van der Waals surface area contributed by atoms with E-state index in [1.807, 2.05) is 6.92 Å². The molecule has 3 heterocycles. The van der Waals surface area contributed by atoms with Gasteiger partial charge in [-0.25, -0.2) is 0 Å². The molecule has 0 radical (unpaired) electrons. The molecule has 8 heteroatoms. The van der Waals surface area contributed by atoms with Crippen molar-refractivity contribution >= 4 is 29.1 Å². The highest BCUT2D eigenvalue weighted by atomic mass is 35.5. The van der Waals surface area contributed by atoms with Gasteiger partial charge in [0.05, 0.1) is 12.8 Å². The van der Waals surface area contributed by atoms with E-state index in [9.17, 15) is 9.59 Å². The number of fused-ring (bicyclic) bond motifs is 1. The number of halogens is 1. The van der Waals surface area contributed by atoms with Gasteiger partial charge in [0.15, 0.2) is 5.76 Å². The summed E-state index contributed by atoms with van der Waals surface area (Å²) in [6.07, 6.45) is 8.11. The third-order valence-electron chi connectivity index (χ3n) is 6.69. The first-order valence-corrected chi connectivity index (χ1v) is 11.9. The van der Waals surface area contributed by atoms with Crippen LogP contribution in [0.5, 0.6) is 0 Å². The highest BCUT2D eigenvalue weighted by molar-refractivity contribution is 6.30. The van der Waals surface area contributed by atoms with Gasteiger partial charge >= 0.3 is 0 Å². The minimum Gasteiger partial charge on any atom is -0.463 e. The summed E-state index contributed by atoms with van der Waals surface area (Å²) in [5, 5.41) is 8.41. The Kier molecular flexibility index (Phi) is 5.74. The molecule has 1 atom stereocenters. The number of anilines is 1. The number of aromatic nitrogens is 2. The summed E-state index contributed by atoms with van der Waals surface area (Å²) in [7, 11) is 0. The van der Waals surface area contributed by atoms with Gasteiger partial charge in [-0.15, -0.1) is 0 Å². The van der Waals surface area contributed by atoms with Crippen LogP contribution in [0.25, 0.3) is 11.5 Å². The topological polar surface area (TPSA) is 80.4 Å². The van der Waals surface area contributed by atoms with Gasteiger partial charge in [-0.1, -0.05) is 37.3 Å². The Morgan fingerprint density at radius 3 is 2.55 bits per heavy atom. The van der Waals surface area contributed by atoms with E-state index in [0.717, 1.165) is 25.7 Å². The first-order chi connectivity index (χ1) is 16.0. The molecule has 7 nitrogen and oxygen atoms in total. The number of furan rings is 1. The Hall–Kier alpha value is -3.06. The highest BCUT2D eigenvalue weighted by Gasteiger charge is 2.49. The van der Waals surface area contributed by atoms with Gasteiger partial charge in [0.25, 0.3) is 5.91 Å². The van der Waals surface area contributed by atoms with Crippen LogP contribution in [0, 0.1) is 0 Å². The van der Waals surface area contributed by atoms with Gasteiger partial charge in [-0.05, 0) is 56.2 Å². The minimum atomic E-state index is -1.16. The molecule has 0 unspecified atom stereocenters. The van der Waals surface area contributed by atoms with Gasteiger partial charge in [0, 0.05) is 22.8 Å². The van der Waals surface area contributed by atoms with E-state index in [1.165, 1.54) is 12.8 Å². The van der Waals surface area contributed by atoms with Gasteiger partial charge in [-0.2, -0.15) is 5.10 Å². The maximum Gasteiger partial charge on any atom is 0.277 e. The van der Waals surface area contributed by atoms with Crippen LogP contribution in [0.1, 0.15) is 55.9 Å². The first kappa shape index (κ1) is 21.8. The number of hydrogen-bond acceptors (Lipinski definition) is 4. The summed E-state index contributed by atoms with van der Waals surface area (Å²) < 4.78 is 7.10. The normalized spacial score (nSPS) is 21.5. The molecule has 2 aliphatic rings. The zero-order valence-electron chi connectivity index (χ0n) is 18.6. The molecule has 2 aromatic heterocycles. The second kappa shape index (κ2) is 8.71. The molecule has 172 valence electrons. The van der Waals surface area contributed by atoms with E-state index in [1.54, 1.807) is 58.3 Å². The zero-order valence-corrected chi connectivity index (χ0v) is 19.3. The summed E-state index contributed by atoms with van der Waals surface area (Å²) >= 11 is 6.10. The Balaban J connectivity index is 1.54. The number of carbonyl (C=O) groups excluding carboxylic acids is 2. The number of amides is 2. The fraction of sp³-hybridized carbons (Fsp3) is 0.400. The number of nitrogens with one attached hydrogen (secondary N) is 1. The van der Waals surface area contributed by atoms with Crippen molar-refractivity contribution in [1.82, 2.24) is 15.1 Å². The molecule has 0 saturated heterocycles. The van der Waals surface area contributed by atoms with Crippen molar-refractivity contribution in [3.63, 3.8) is 0 Å². The van der Waals surface area contributed by atoms with Crippen LogP contribution in [0.4, 0.5) is 5.69 Å². The lowest BCUT2D eigenvalue weighted by atomic mass is 9.93. The van der Waals surface area contributed by atoms with Crippen molar-refractivity contribution in [2.24, 2.45) is 0 Å². The van der Waals surface area contributed by atoms with E-state index in [2.05, 4.69) is 10.4 Å². The van der Waals surface area contributed by atoms with Crippen LogP contribution in [0.15, 0.2) is 53.1 Å². The van der Waals surface area contributed by atoms with Gasteiger partial charge in [-0.3, -0.25) is 19.2 Å². The van der Waals surface area contributed by atoms with Gasteiger partial charge in [0.1, 0.15) is 16.9 Å². The molecule has 1 N–H and O–H groups in total. The summed E-state index contributed by atoms with van der Waals surface area (Å²) in [5.41, 5.74) is 0.440. The summed E-state index contributed by atoms with van der Waals surface area (Å²) in [6.45, 7) is 2.04. The largest absolute Gasteiger partial charge is 0.463 e. The van der Waals surface area contributed by atoms with E-state index >= 15 is 0 Å². The SMILES string of the molecule is C[C@]1(C(=O)NC2CCCCCC2)Cn2nc(-c3ccco3)cc2C(=O)N1c1ccc(Cl)cc1. The molecule has 33 heavy (non-hydrogen) atoms. The summed E-state index contributed by atoms with van der Waals surface area (Å²) in [5.74, 6) is 0.123. The van der Waals surface area contributed by atoms with Crippen molar-refractivity contribution in [1.29, 1.82) is 0 Å². The lowest BCUT2D eigenvalue weighted by Crippen LogP contribution is -2.65. The molecular formula is C25H27ClN4O3. The average molecular weight is 467 g/mol. The summed E-state index contributed by atoms with van der Waals surface area (Å²) in [4.78, 5) is 29.1. The molecule has 5 rings (SSSR count). The molecule has 1 saturated carbocycles. The smallest absolute Gasteiger partial charge is 0.277 e.